The van der Waals surface area contributed by atoms with Gasteiger partial charge >= 0.3 is 24.1 Å². The monoisotopic (exact) mass is 614 g/mol. The van der Waals surface area contributed by atoms with Crippen LogP contribution in [0, 0.1) is 0 Å². The van der Waals surface area contributed by atoms with E-state index in [0.717, 1.165) is 43.0 Å². The van der Waals surface area contributed by atoms with Crippen LogP contribution < -0.4 is 18.9 Å². The molecule has 11 heteroatoms. The molecule has 0 radical (unpaired) electrons. The van der Waals surface area contributed by atoms with Crippen LogP contribution in [0.2, 0.25) is 0 Å². The second-order valence-electron chi connectivity index (χ2n) is 9.53. The molecular formula is C33H33F3O8. The van der Waals surface area contributed by atoms with Crippen LogP contribution in [0.5, 0.6) is 23.0 Å². The maximum atomic E-state index is 13.9. The predicted molar refractivity (Wildman–Crippen MR) is 155 cm³/mol. The molecular weight excluding hydrogens is 581 g/mol. The van der Waals surface area contributed by atoms with Crippen LogP contribution in [0.1, 0.15) is 64.4 Å². The molecule has 0 saturated heterocycles. The molecule has 8 nitrogen and oxygen atoms in total. The van der Waals surface area contributed by atoms with E-state index in [1.54, 1.807) is 24.3 Å². The molecule has 0 unspecified atom stereocenters. The van der Waals surface area contributed by atoms with E-state index in [9.17, 15) is 27.6 Å². The Morgan fingerprint density at radius 2 is 1.43 bits per heavy atom. The van der Waals surface area contributed by atoms with Gasteiger partial charge in [-0.3, -0.25) is 0 Å². The van der Waals surface area contributed by atoms with Crippen LogP contribution in [-0.2, 0) is 22.1 Å². The van der Waals surface area contributed by atoms with E-state index in [1.807, 2.05) is 0 Å². The first kappa shape index (κ1) is 33.7. The number of carbonyl (C=O) groups excluding carboxylic acids is 3. The van der Waals surface area contributed by atoms with E-state index >= 15 is 0 Å². The summed E-state index contributed by atoms with van der Waals surface area (Å²) in [6.07, 6.45) is 0.110. The molecule has 0 fully saturated rings. The summed E-state index contributed by atoms with van der Waals surface area (Å²) < 4.78 is 67.9. The topological polar surface area (TPSA) is 97.4 Å². The van der Waals surface area contributed by atoms with Crippen molar-refractivity contribution in [1.82, 2.24) is 0 Å². The lowest BCUT2D eigenvalue weighted by Crippen LogP contribution is -2.16. The zero-order valence-electron chi connectivity index (χ0n) is 24.4. The lowest BCUT2D eigenvalue weighted by atomic mass is 10.1. The number of carbonyl (C=O) groups is 3. The van der Waals surface area contributed by atoms with Gasteiger partial charge in [-0.05, 0) is 79.8 Å². The first-order valence-electron chi connectivity index (χ1n) is 13.9. The number of alkyl halides is 3. The van der Waals surface area contributed by atoms with E-state index in [4.69, 9.17) is 23.7 Å². The molecule has 0 aliphatic rings. The molecule has 3 rings (SSSR count). The number of rotatable bonds is 15. The van der Waals surface area contributed by atoms with Gasteiger partial charge < -0.3 is 23.7 Å². The third kappa shape index (κ3) is 9.89. The Kier molecular flexibility index (Phi) is 12.4. The highest BCUT2D eigenvalue weighted by Crippen LogP contribution is 2.38. The molecule has 0 spiro atoms. The van der Waals surface area contributed by atoms with Gasteiger partial charge in [0.05, 0.1) is 37.0 Å². The average molecular weight is 615 g/mol. The summed E-state index contributed by atoms with van der Waals surface area (Å²) in [7, 11) is 1.34. The molecule has 3 aromatic rings. The number of unbranched alkanes of at least 4 members (excludes halogenated alkanes) is 2. The molecule has 44 heavy (non-hydrogen) atoms. The average Bonchev–Trinajstić information content (AvgIpc) is 3.01. The second-order valence-corrected chi connectivity index (χ2v) is 9.53. The quantitative estimate of drug-likeness (QED) is 0.0757. The van der Waals surface area contributed by atoms with Gasteiger partial charge in [-0.15, -0.1) is 0 Å². The van der Waals surface area contributed by atoms with Gasteiger partial charge in [-0.2, -0.15) is 13.2 Å². The van der Waals surface area contributed by atoms with Crippen molar-refractivity contribution in [2.75, 3.05) is 20.3 Å². The molecule has 0 saturated carbocycles. The first-order chi connectivity index (χ1) is 21.0. The van der Waals surface area contributed by atoms with Crippen LogP contribution in [0.25, 0.3) is 0 Å². The van der Waals surface area contributed by atoms with Crippen molar-refractivity contribution in [3.63, 3.8) is 0 Å². The summed E-state index contributed by atoms with van der Waals surface area (Å²) >= 11 is 0. The minimum atomic E-state index is -4.94. The van der Waals surface area contributed by atoms with Crippen molar-refractivity contribution in [2.45, 2.75) is 45.2 Å². The number of esters is 3. The molecule has 0 aliphatic heterocycles. The predicted octanol–water partition coefficient (Wildman–Crippen LogP) is 7.38. The summed E-state index contributed by atoms with van der Waals surface area (Å²) in [5, 5.41) is 0. The standard InChI is InChI=1S/C33H33F3O8/c1-4-6-9-22-10-14-25(15-11-22)43-31(38)23-12-16-27(26(20-23)33(34,35)36)44-32(39)24-13-17-28(29(21-24)40-3)41-18-7-8-19-42-30(37)5-2/h5,10-17,20-21H,2,4,6-9,18-19H2,1,3H3. The fourth-order valence-corrected chi connectivity index (χ4v) is 3.93. The van der Waals surface area contributed by atoms with E-state index in [-0.39, 0.29) is 35.8 Å². The van der Waals surface area contributed by atoms with Gasteiger partial charge in [0, 0.05) is 6.08 Å². The van der Waals surface area contributed by atoms with Crippen LogP contribution in [0.3, 0.4) is 0 Å². The zero-order valence-corrected chi connectivity index (χ0v) is 24.4. The Bertz CT molecular complexity index is 1450. The van der Waals surface area contributed by atoms with E-state index < -0.39 is 35.4 Å². The van der Waals surface area contributed by atoms with Crippen molar-refractivity contribution in [3.05, 3.63) is 95.6 Å². The van der Waals surface area contributed by atoms with E-state index in [0.29, 0.717) is 24.7 Å². The van der Waals surface area contributed by atoms with Crippen molar-refractivity contribution in [2.24, 2.45) is 0 Å². The Balaban J connectivity index is 1.67. The fraction of sp³-hybridized carbons (Fsp3) is 0.303. The van der Waals surface area contributed by atoms with Gasteiger partial charge in [0.15, 0.2) is 11.5 Å². The summed E-state index contributed by atoms with van der Waals surface area (Å²) in [4.78, 5) is 36.5. The second kappa shape index (κ2) is 16.2. The van der Waals surface area contributed by atoms with Crippen molar-refractivity contribution < 1.29 is 51.2 Å². The van der Waals surface area contributed by atoms with Crippen LogP contribution in [0.15, 0.2) is 73.3 Å². The molecule has 0 amide bonds. The van der Waals surface area contributed by atoms with Gasteiger partial charge in [0.2, 0.25) is 0 Å². The van der Waals surface area contributed by atoms with Crippen molar-refractivity contribution in [3.8, 4) is 23.0 Å². The minimum absolute atomic E-state index is 0.0930. The van der Waals surface area contributed by atoms with Gasteiger partial charge in [0.25, 0.3) is 0 Å². The molecule has 3 aromatic carbocycles. The Morgan fingerprint density at radius 3 is 2.07 bits per heavy atom. The van der Waals surface area contributed by atoms with Crippen LogP contribution in [-0.4, -0.2) is 38.2 Å². The third-order valence-electron chi connectivity index (χ3n) is 6.28. The largest absolute Gasteiger partial charge is 0.493 e. The lowest BCUT2D eigenvalue weighted by molar-refractivity contribution is -0.139. The number of hydrogen-bond donors (Lipinski definition) is 0. The summed E-state index contributed by atoms with van der Waals surface area (Å²) in [6.45, 7) is 5.83. The highest BCUT2D eigenvalue weighted by atomic mass is 19.4. The molecule has 0 atom stereocenters. The fourth-order valence-electron chi connectivity index (χ4n) is 3.93. The van der Waals surface area contributed by atoms with Gasteiger partial charge in [-0.1, -0.05) is 32.1 Å². The molecule has 0 bridgehead atoms. The Hall–Kier alpha value is -4.80. The van der Waals surface area contributed by atoms with Crippen LogP contribution in [0.4, 0.5) is 13.2 Å². The van der Waals surface area contributed by atoms with Crippen molar-refractivity contribution >= 4 is 17.9 Å². The number of aryl methyl sites for hydroxylation is 1. The summed E-state index contributed by atoms with van der Waals surface area (Å²) in [5.41, 5.74) is -0.725. The maximum Gasteiger partial charge on any atom is 0.420 e. The number of halogens is 3. The lowest BCUT2D eigenvalue weighted by Gasteiger charge is -2.15. The smallest absolute Gasteiger partial charge is 0.420 e. The van der Waals surface area contributed by atoms with Gasteiger partial charge in [0.1, 0.15) is 11.5 Å². The van der Waals surface area contributed by atoms with E-state index in [2.05, 4.69) is 13.5 Å². The number of ether oxygens (including phenoxy) is 5. The van der Waals surface area contributed by atoms with Crippen LogP contribution >= 0.6 is 0 Å². The normalized spacial score (nSPS) is 10.9. The number of hydrogen-bond acceptors (Lipinski definition) is 8. The third-order valence-corrected chi connectivity index (χ3v) is 6.28. The summed E-state index contributed by atoms with van der Waals surface area (Å²) in [5.74, 6) is -2.73. The maximum absolute atomic E-state index is 13.9. The van der Waals surface area contributed by atoms with Gasteiger partial charge in [-0.25, -0.2) is 14.4 Å². The minimum Gasteiger partial charge on any atom is -0.493 e. The molecule has 234 valence electrons. The molecule has 0 aliphatic carbocycles. The Morgan fingerprint density at radius 1 is 0.795 bits per heavy atom. The highest BCUT2D eigenvalue weighted by Gasteiger charge is 2.36. The summed E-state index contributed by atoms with van der Waals surface area (Å²) in [6, 6.07) is 13.3. The molecule has 0 heterocycles. The Labute approximate surface area is 253 Å². The highest BCUT2D eigenvalue weighted by molar-refractivity contribution is 5.93. The number of benzene rings is 3. The van der Waals surface area contributed by atoms with Crippen molar-refractivity contribution in [1.29, 1.82) is 0 Å². The first-order valence-corrected chi connectivity index (χ1v) is 13.9. The SMILES string of the molecule is C=CC(=O)OCCCCOc1ccc(C(=O)Oc2ccc(C(=O)Oc3ccc(CCCC)cc3)cc2C(F)(F)F)cc1OC. The number of methoxy groups -OCH3 is 1. The van der Waals surface area contributed by atoms with E-state index in [1.165, 1.54) is 25.3 Å². The zero-order chi connectivity index (χ0) is 32.1. The molecule has 0 aromatic heterocycles. The molecule has 0 N–H and O–H groups in total.